The van der Waals surface area contributed by atoms with Crippen molar-refractivity contribution in [1.29, 1.82) is 0 Å². The van der Waals surface area contributed by atoms with E-state index in [2.05, 4.69) is 27.9 Å². The molecule has 114 valence electrons. The number of rotatable bonds is 3. The van der Waals surface area contributed by atoms with Gasteiger partial charge in [0, 0.05) is 30.4 Å². The molecule has 0 aromatic heterocycles. The average molecular weight is 288 g/mol. The summed E-state index contributed by atoms with van der Waals surface area (Å²) in [6, 6.07) is 6.74. The number of oxime groups is 1. The van der Waals surface area contributed by atoms with Crippen LogP contribution in [0.1, 0.15) is 30.4 Å². The topological polar surface area (TPSA) is 65.1 Å². The number of benzene rings is 1. The zero-order valence-corrected chi connectivity index (χ0v) is 12.6. The number of nitrogens with zero attached hydrogens (tertiary/aromatic N) is 3. The Kier molecular flexibility index (Phi) is 4.01. The van der Waals surface area contributed by atoms with Crippen molar-refractivity contribution < 1.29 is 5.21 Å². The van der Waals surface area contributed by atoms with Gasteiger partial charge in [-0.2, -0.15) is 0 Å². The van der Waals surface area contributed by atoms with Crippen molar-refractivity contribution in [3.05, 3.63) is 29.3 Å². The Bertz CT molecular complexity index is 537. The van der Waals surface area contributed by atoms with Gasteiger partial charge in [0.2, 0.25) is 0 Å². The third-order valence-electron chi connectivity index (χ3n) is 4.70. The third kappa shape index (κ3) is 2.83. The molecule has 1 aromatic carbocycles. The number of aryl methyl sites for hydroxylation is 1. The van der Waals surface area contributed by atoms with Crippen LogP contribution in [0.4, 0.5) is 5.69 Å². The minimum atomic E-state index is 0.189. The molecule has 2 saturated heterocycles. The zero-order chi connectivity index (χ0) is 14.8. The van der Waals surface area contributed by atoms with Crippen molar-refractivity contribution in [2.45, 2.75) is 32.2 Å². The van der Waals surface area contributed by atoms with Crippen molar-refractivity contribution in [2.75, 3.05) is 31.1 Å². The fourth-order valence-electron chi connectivity index (χ4n) is 3.54. The van der Waals surface area contributed by atoms with Gasteiger partial charge >= 0.3 is 0 Å². The first-order valence-corrected chi connectivity index (χ1v) is 7.76. The second-order valence-electron chi connectivity index (χ2n) is 6.14. The number of likely N-dealkylation sites (tertiary alicyclic amines) is 1. The first kappa shape index (κ1) is 14.2. The van der Waals surface area contributed by atoms with Crippen LogP contribution in [0.15, 0.2) is 23.4 Å². The zero-order valence-electron chi connectivity index (χ0n) is 12.6. The molecule has 2 heterocycles. The van der Waals surface area contributed by atoms with E-state index in [1.54, 1.807) is 0 Å². The highest BCUT2D eigenvalue weighted by Gasteiger charge is 2.30. The van der Waals surface area contributed by atoms with Crippen LogP contribution < -0.4 is 10.6 Å². The standard InChI is InChI=1S/C16H24N4O/c1-12-4-5-14(16(17)18-21)15(10-12)20-9-6-13(11-20)19-7-2-3-8-19/h4-5,10,13,21H,2-3,6-9,11H2,1H3,(H2,17,18). The lowest BCUT2D eigenvalue weighted by Gasteiger charge is -2.26. The number of anilines is 1. The molecule has 5 nitrogen and oxygen atoms in total. The Morgan fingerprint density at radius 2 is 2.05 bits per heavy atom. The van der Waals surface area contributed by atoms with Gasteiger partial charge in [-0.3, -0.25) is 4.90 Å². The van der Waals surface area contributed by atoms with Crippen molar-refractivity contribution in [2.24, 2.45) is 10.9 Å². The lowest BCUT2D eigenvalue weighted by atomic mass is 10.1. The normalized spacial score (nSPS) is 24.0. The first-order valence-electron chi connectivity index (χ1n) is 7.76. The van der Waals surface area contributed by atoms with Crippen molar-refractivity contribution in [3.63, 3.8) is 0 Å². The van der Waals surface area contributed by atoms with E-state index in [4.69, 9.17) is 10.9 Å². The predicted octanol–water partition coefficient (Wildman–Crippen LogP) is 1.76. The van der Waals surface area contributed by atoms with E-state index in [1.165, 1.54) is 37.9 Å². The molecular weight excluding hydrogens is 264 g/mol. The summed E-state index contributed by atoms with van der Waals surface area (Å²) >= 11 is 0. The monoisotopic (exact) mass is 288 g/mol. The van der Waals surface area contributed by atoms with Crippen molar-refractivity contribution in [1.82, 2.24) is 4.90 Å². The predicted molar refractivity (Wildman–Crippen MR) is 85.1 cm³/mol. The van der Waals surface area contributed by atoms with Crippen LogP contribution in [0, 0.1) is 6.92 Å². The molecule has 5 heteroatoms. The van der Waals surface area contributed by atoms with Gasteiger partial charge in [0.05, 0.1) is 0 Å². The molecule has 2 fully saturated rings. The van der Waals surface area contributed by atoms with E-state index >= 15 is 0 Å². The summed E-state index contributed by atoms with van der Waals surface area (Å²) in [5, 5.41) is 12.2. The van der Waals surface area contributed by atoms with E-state index in [0.717, 1.165) is 24.3 Å². The van der Waals surface area contributed by atoms with Crippen molar-refractivity contribution in [3.8, 4) is 0 Å². The first-order chi connectivity index (χ1) is 10.2. The van der Waals surface area contributed by atoms with E-state index < -0.39 is 0 Å². The minimum absolute atomic E-state index is 0.189. The summed E-state index contributed by atoms with van der Waals surface area (Å²) in [7, 11) is 0. The molecule has 2 aliphatic heterocycles. The van der Waals surface area contributed by atoms with Gasteiger partial charge in [-0.15, -0.1) is 0 Å². The maximum absolute atomic E-state index is 8.99. The molecule has 1 aromatic rings. The lowest BCUT2D eigenvalue weighted by molar-refractivity contribution is 0.260. The van der Waals surface area contributed by atoms with Gasteiger partial charge in [0.25, 0.3) is 0 Å². The molecule has 0 aliphatic carbocycles. The maximum Gasteiger partial charge on any atom is 0.172 e. The number of hydrogen-bond acceptors (Lipinski definition) is 4. The summed E-state index contributed by atoms with van der Waals surface area (Å²) in [5.74, 6) is 0.189. The van der Waals surface area contributed by atoms with Crippen LogP contribution in [0.3, 0.4) is 0 Å². The quantitative estimate of drug-likeness (QED) is 0.385. The van der Waals surface area contributed by atoms with E-state index in [0.29, 0.717) is 6.04 Å². The second-order valence-corrected chi connectivity index (χ2v) is 6.14. The molecule has 2 aliphatic rings. The lowest BCUT2D eigenvalue weighted by Crippen LogP contribution is -2.35. The SMILES string of the molecule is Cc1ccc(C(N)=NO)c(N2CCC(N3CCCC3)C2)c1. The summed E-state index contributed by atoms with van der Waals surface area (Å²) < 4.78 is 0. The molecule has 0 saturated carbocycles. The molecular formula is C16H24N4O. The van der Waals surface area contributed by atoms with Gasteiger partial charge in [0.1, 0.15) is 0 Å². The Morgan fingerprint density at radius 3 is 2.76 bits per heavy atom. The smallest absolute Gasteiger partial charge is 0.172 e. The second kappa shape index (κ2) is 5.93. The summed E-state index contributed by atoms with van der Waals surface area (Å²) in [4.78, 5) is 4.99. The molecule has 1 unspecified atom stereocenters. The third-order valence-corrected chi connectivity index (χ3v) is 4.70. The molecule has 3 rings (SSSR count). The van der Waals surface area contributed by atoms with Gasteiger partial charge in [-0.05, 0) is 57.0 Å². The molecule has 21 heavy (non-hydrogen) atoms. The Labute approximate surface area is 126 Å². The fourth-order valence-corrected chi connectivity index (χ4v) is 3.54. The molecule has 3 N–H and O–H groups in total. The minimum Gasteiger partial charge on any atom is -0.409 e. The molecule has 0 radical (unpaired) electrons. The van der Waals surface area contributed by atoms with E-state index in [1.807, 2.05) is 12.1 Å². The van der Waals surface area contributed by atoms with Crippen LogP contribution in [0.5, 0.6) is 0 Å². The Morgan fingerprint density at radius 1 is 1.29 bits per heavy atom. The van der Waals surface area contributed by atoms with Crippen LogP contribution in [-0.4, -0.2) is 48.2 Å². The Balaban J connectivity index is 1.82. The summed E-state index contributed by atoms with van der Waals surface area (Å²) in [5.41, 5.74) is 8.94. The highest BCUT2D eigenvalue weighted by atomic mass is 16.4. The molecule has 0 bridgehead atoms. The van der Waals surface area contributed by atoms with E-state index in [9.17, 15) is 0 Å². The largest absolute Gasteiger partial charge is 0.409 e. The van der Waals surface area contributed by atoms with Crippen LogP contribution >= 0.6 is 0 Å². The number of amidine groups is 1. The number of nitrogens with two attached hydrogens (primary N) is 1. The average Bonchev–Trinajstić information content (AvgIpc) is 3.17. The van der Waals surface area contributed by atoms with Crippen LogP contribution in [0.2, 0.25) is 0 Å². The maximum atomic E-state index is 8.99. The Hall–Kier alpha value is -1.75. The van der Waals surface area contributed by atoms with Gasteiger partial charge in [-0.25, -0.2) is 0 Å². The summed E-state index contributed by atoms with van der Waals surface area (Å²) in [6.07, 6.45) is 3.86. The molecule has 0 spiro atoms. The van der Waals surface area contributed by atoms with Gasteiger partial charge < -0.3 is 15.8 Å². The van der Waals surface area contributed by atoms with Crippen LogP contribution in [0.25, 0.3) is 0 Å². The highest BCUT2D eigenvalue weighted by molar-refractivity contribution is 6.02. The molecule has 0 amide bonds. The molecule has 1 atom stereocenters. The summed E-state index contributed by atoms with van der Waals surface area (Å²) in [6.45, 7) is 6.62. The van der Waals surface area contributed by atoms with Gasteiger partial charge in [-0.1, -0.05) is 11.2 Å². The van der Waals surface area contributed by atoms with Gasteiger partial charge in [0.15, 0.2) is 5.84 Å². The van der Waals surface area contributed by atoms with Crippen molar-refractivity contribution >= 4 is 11.5 Å². The van der Waals surface area contributed by atoms with E-state index in [-0.39, 0.29) is 5.84 Å². The fraction of sp³-hybridized carbons (Fsp3) is 0.562. The number of hydrogen-bond donors (Lipinski definition) is 2. The highest BCUT2D eigenvalue weighted by Crippen LogP contribution is 2.28. The van der Waals surface area contributed by atoms with Crippen LogP contribution in [-0.2, 0) is 0 Å².